The van der Waals surface area contributed by atoms with Crippen molar-refractivity contribution in [1.29, 1.82) is 0 Å². The van der Waals surface area contributed by atoms with Gasteiger partial charge in [0.25, 0.3) is 0 Å². The van der Waals surface area contributed by atoms with Crippen molar-refractivity contribution in [2.24, 2.45) is 5.73 Å². The number of hydrogen-bond donors (Lipinski definition) is 3. The first kappa shape index (κ1) is 14.7. The van der Waals surface area contributed by atoms with Crippen LogP contribution in [0.1, 0.15) is 19.4 Å². The molecule has 0 aromatic heterocycles. The van der Waals surface area contributed by atoms with E-state index in [1.807, 2.05) is 43.4 Å². The molecule has 0 aliphatic heterocycles. The molecule has 4 N–H and O–H groups in total. The maximum atomic E-state index is 11.3. The van der Waals surface area contributed by atoms with Crippen LogP contribution in [0, 0.1) is 0 Å². The van der Waals surface area contributed by atoms with Crippen LogP contribution in [0.3, 0.4) is 0 Å². The first-order valence-corrected chi connectivity index (χ1v) is 6.21. The summed E-state index contributed by atoms with van der Waals surface area (Å²) >= 11 is 3.37. The van der Waals surface area contributed by atoms with E-state index in [1.165, 1.54) is 0 Å². The molecule has 0 saturated heterocycles. The van der Waals surface area contributed by atoms with Crippen LogP contribution in [-0.4, -0.2) is 18.5 Å². The summed E-state index contributed by atoms with van der Waals surface area (Å²) in [6, 6.07) is 6.94. The number of nitrogens with one attached hydrogen (secondary N) is 2. The van der Waals surface area contributed by atoms with Crippen LogP contribution in [0.25, 0.3) is 0 Å². The van der Waals surface area contributed by atoms with E-state index in [4.69, 9.17) is 5.73 Å². The van der Waals surface area contributed by atoms with E-state index in [0.29, 0.717) is 0 Å². The van der Waals surface area contributed by atoms with Gasteiger partial charge in [0.1, 0.15) is 0 Å². The van der Waals surface area contributed by atoms with Crippen LogP contribution in [0.5, 0.6) is 0 Å². The zero-order valence-electron chi connectivity index (χ0n) is 10.3. The summed E-state index contributed by atoms with van der Waals surface area (Å²) in [7, 11) is 0. The molecule has 0 fully saturated rings. The largest absolute Gasteiger partial charge is 0.351 e. The summed E-state index contributed by atoms with van der Waals surface area (Å²) in [4.78, 5) is 21.8. The third-order valence-electron chi connectivity index (χ3n) is 2.52. The summed E-state index contributed by atoms with van der Waals surface area (Å²) < 4.78 is 0.994. The predicted molar refractivity (Wildman–Crippen MR) is 72.9 cm³/mol. The zero-order chi connectivity index (χ0) is 13.8. The molecule has 3 amide bonds. The van der Waals surface area contributed by atoms with Crippen molar-refractivity contribution < 1.29 is 9.59 Å². The summed E-state index contributed by atoms with van der Waals surface area (Å²) in [6.07, 6.45) is 0. The van der Waals surface area contributed by atoms with Crippen LogP contribution >= 0.6 is 15.9 Å². The maximum absolute atomic E-state index is 11.3. The Hall–Kier alpha value is -1.40. The van der Waals surface area contributed by atoms with Crippen molar-refractivity contribution in [3.05, 3.63) is 34.3 Å². The SMILES string of the molecule is CC(C)(NCC(=O)NC(N)=O)c1ccc(Br)cc1. The van der Waals surface area contributed by atoms with Crippen LogP contribution in [-0.2, 0) is 10.3 Å². The quantitative estimate of drug-likeness (QED) is 0.787. The normalized spacial score (nSPS) is 11.1. The lowest BCUT2D eigenvalue weighted by Crippen LogP contribution is -2.46. The minimum atomic E-state index is -0.844. The number of primary amides is 1. The Morgan fingerprint density at radius 1 is 1.28 bits per heavy atom. The highest BCUT2D eigenvalue weighted by molar-refractivity contribution is 9.10. The highest BCUT2D eigenvalue weighted by Gasteiger charge is 2.20. The molecule has 0 heterocycles. The first-order valence-electron chi connectivity index (χ1n) is 5.41. The molecule has 5 nitrogen and oxygen atoms in total. The number of benzene rings is 1. The summed E-state index contributed by atoms with van der Waals surface area (Å²) in [5, 5.41) is 5.07. The minimum Gasteiger partial charge on any atom is -0.351 e. The minimum absolute atomic E-state index is 0.0198. The van der Waals surface area contributed by atoms with Gasteiger partial charge in [0, 0.05) is 10.0 Å². The van der Waals surface area contributed by atoms with Crippen molar-refractivity contribution in [2.45, 2.75) is 19.4 Å². The van der Waals surface area contributed by atoms with E-state index in [0.717, 1.165) is 10.0 Å². The van der Waals surface area contributed by atoms with E-state index < -0.39 is 11.9 Å². The molecule has 0 bridgehead atoms. The highest BCUT2D eigenvalue weighted by Crippen LogP contribution is 2.21. The molecule has 0 radical (unpaired) electrons. The van der Waals surface area contributed by atoms with Crippen LogP contribution in [0.2, 0.25) is 0 Å². The van der Waals surface area contributed by atoms with Gasteiger partial charge in [-0.3, -0.25) is 15.4 Å². The number of halogens is 1. The Bertz CT molecular complexity index is 443. The Morgan fingerprint density at radius 2 is 1.83 bits per heavy atom. The molecular formula is C12H16BrN3O2. The average molecular weight is 314 g/mol. The van der Waals surface area contributed by atoms with Crippen LogP contribution < -0.4 is 16.4 Å². The van der Waals surface area contributed by atoms with Crippen molar-refractivity contribution in [3.8, 4) is 0 Å². The number of carbonyl (C=O) groups excluding carboxylic acids is 2. The Balaban J connectivity index is 2.62. The highest BCUT2D eigenvalue weighted by atomic mass is 79.9. The molecule has 0 aliphatic rings. The number of rotatable bonds is 4. The Labute approximate surface area is 114 Å². The van der Waals surface area contributed by atoms with E-state index in [1.54, 1.807) is 0 Å². The maximum Gasteiger partial charge on any atom is 0.318 e. The van der Waals surface area contributed by atoms with Gasteiger partial charge in [-0.05, 0) is 31.5 Å². The predicted octanol–water partition coefficient (Wildman–Crippen LogP) is 1.47. The van der Waals surface area contributed by atoms with E-state index >= 15 is 0 Å². The molecule has 0 atom stereocenters. The van der Waals surface area contributed by atoms with E-state index in [-0.39, 0.29) is 12.1 Å². The first-order chi connectivity index (χ1) is 8.31. The van der Waals surface area contributed by atoms with Gasteiger partial charge in [0.15, 0.2) is 0 Å². The van der Waals surface area contributed by atoms with Gasteiger partial charge in [0.05, 0.1) is 6.54 Å². The number of urea groups is 1. The molecule has 0 spiro atoms. The van der Waals surface area contributed by atoms with Crippen molar-refractivity contribution >= 4 is 27.9 Å². The summed E-state index contributed by atoms with van der Waals surface area (Å²) in [6.45, 7) is 3.92. The lowest BCUT2D eigenvalue weighted by molar-refractivity contribution is -0.119. The lowest BCUT2D eigenvalue weighted by atomic mass is 9.94. The van der Waals surface area contributed by atoms with Gasteiger partial charge in [0.2, 0.25) is 5.91 Å². The van der Waals surface area contributed by atoms with E-state index in [9.17, 15) is 9.59 Å². The third-order valence-corrected chi connectivity index (χ3v) is 3.05. The second kappa shape index (κ2) is 5.97. The second-order valence-corrected chi connectivity index (χ2v) is 5.31. The van der Waals surface area contributed by atoms with Gasteiger partial charge in [-0.15, -0.1) is 0 Å². The van der Waals surface area contributed by atoms with Gasteiger partial charge in [-0.25, -0.2) is 4.79 Å². The van der Waals surface area contributed by atoms with Crippen molar-refractivity contribution in [2.75, 3.05) is 6.54 Å². The molecule has 1 aromatic carbocycles. The smallest absolute Gasteiger partial charge is 0.318 e. The molecule has 6 heteroatoms. The van der Waals surface area contributed by atoms with Gasteiger partial charge >= 0.3 is 6.03 Å². The van der Waals surface area contributed by atoms with Crippen LogP contribution in [0.4, 0.5) is 4.79 Å². The van der Waals surface area contributed by atoms with E-state index in [2.05, 4.69) is 21.2 Å². The molecule has 0 unspecified atom stereocenters. The molecule has 1 rings (SSSR count). The molecule has 1 aromatic rings. The Kier molecular flexibility index (Phi) is 4.86. The standard InChI is InChI=1S/C12H16BrN3O2/c1-12(2,8-3-5-9(13)6-4-8)15-7-10(17)16-11(14)18/h3-6,15H,7H2,1-2H3,(H3,14,16,17,18). The zero-order valence-corrected chi connectivity index (χ0v) is 11.9. The van der Waals surface area contributed by atoms with Crippen molar-refractivity contribution in [1.82, 2.24) is 10.6 Å². The van der Waals surface area contributed by atoms with Crippen molar-refractivity contribution in [3.63, 3.8) is 0 Å². The number of amides is 3. The number of hydrogen-bond acceptors (Lipinski definition) is 3. The number of carbonyl (C=O) groups is 2. The van der Waals surface area contributed by atoms with Gasteiger partial charge in [-0.2, -0.15) is 0 Å². The summed E-state index contributed by atoms with van der Waals surface area (Å²) in [5.41, 5.74) is 5.52. The fraction of sp³-hybridized carbons (Fsp3) is 0.333. The molecule has 18 heavy (non-hydrogen) atoms. The van der Waals surface area contributed by atoms with Crippen LogP contribution in [0.15, 0.2) is 28.7 Å². The molecule has 98 valence electrons. The molecule has 0 saturated carbocycles. The van der Waals surface area contributed by atoms with Gasteiger partial charge < -0.3 is 5.73 Å². The fourth-order valence-corrected chi connectivity index (χ4v) is 1.72. The molecular weight excluding hydrogens is 298 g/mol. The number of imide groups is 1. The Morgan fingerprint density at radius 3 is 2.33 bits per heavy atom. The van der Waals surface area contributed by atoms with Gasteiger partial charge in [-0.1, -0.05) is 28.1 Å². The fourth-order valence-electron chi connectivity index (χ4n) is 1.45. The number of nitrogens with two attached hydrogens (primary N) is 1. The summed E-state index contributed by atoms with van der Waals surface area (Å²) in [5.74, 6) is -0.451. The molecule has 0 aliphatic carbocycles. The second-order valence-electron chi connectivity index (χ2n) is 4.40. The lowest BCUT2D eigenvalue weighted by Gasteiger charge is -2.26. The third kappa shape index (κ3) is 4.46. The average Bonchev–Trinajstić information content (AvgIpc) is 2.26. The topological polar surface area (TPSA) is 84.2 Å². The monoisotopic (exact) mass is 313 g/mol.